The van der Waals surface area contributed by atoms with E-state index in [9.17, 15) is 4.79 Å². The smallest absolute Gasteiger partial charge is 0.232 e. The Bertz CT molecular complexity index is 721. The number of aryl methyl sites for hydroxylation is 1. The largest absolute Gasteiger partial charge is 0.397 e. The summed E-state index contributed by atoms with van der Waals surface area (Å²) < 4.78 is 0. The van der Waals surface area contributed by atoms with Gasteiger partial charge >= 0.3 is 0 Å². The van der Waals surface area contributed by atoms with E-state index in [1.807, 2.05) is 7.05 Å². The fourth-order valence-corrected chi connectivity index (χ4v) is 3.59. The van der Waals surface area contributed by atoms with Crippen LogP contribution in [0.3, 0.4) is 0 Å². The third-order valence-electron chi connectivity index (χ3n) is 5.62. The van der Waals surface area contributed by atoms with Gasteiger partial charge in [0, 0.05) is 20.5 Å². The molecule has 6 heteroatoms. The van der Waals surface area contributed by atoms with Gasteiger partial charge in [-0.05, 0) is 81.3 Å². The number of carbonyl (C=O) groups excluding carboxylic acids is 2. The molecule has 1 saturated carbocycles. The topological polar surface area (TPSA) is 96.6 Å². The zero-order chi connectivity index (χ0) is 25.1. The maximum atomic E-state index is 10.9. The van der Waals surface area contributed by atoms with Crippen molar-refractivity contribution in [2.45, 2.75) is 90.4 Å². The highest BCUT2D eigenvalue weighted by Crippen LogP contribution is 2.43. The monoisotopic (exact) mass is 458 g/mol. The standard InChI is InChI=1S/C14H27NO.C11H16N2.C2H3NO/c1-4-10-13(2)11-8-6-5-7-9-12-14(16)15-3;1-7-5-10(12)11(13-2)6-9(7)8-3-4-8;1-3-2-4/h2,4-12H2,1,3H3,(H,15,16);5-6,8,13H,3-4,12H2,1-2H3;2H,1H2. The highest BCUT2D eigenvalue weighted by atomic mass is 16.1. The van der Waals surface area contributed by atoms with Crippen molar-refractivity contribution in [3.8, 4) is 0 Å². The average molecular weight is 459 g/mol. The minimum atomic E-state index is 0.163. The van der Waals surface area contributed by atoms with Crippen molar-refractivity contribution in [2.24, 2.45) is 4.99 Å². The molecule has 0 spiro atoms. The van der Waals surface area contributed by atoms with E-state index < -0.39 is 0 Å². The molecule has 0 bridgehead atoms. The van der Waals surface area contributed by atoms with Crippen LogP contribution in [0.25, 0.3) is 0 Å². The fraction of sp³-hybridized carbons (Fsp3) is 0.593. The van der Waals surface area contributed by atoms with Crippen molar-refractivity contribution < 1.29 is 9.59 Å². The third-order valence-corrected chi connectivity index (χ3v) is 5.62. The minimum Gasteiger partial charge on any atom is -0.397 e. The molecule has 0 atom stereocenters. The molecule has 0 aliphatic heterocycles. The number of carbonyl (C=O) groups is 2. The predicted octanol–water partition coefficient (Wildman–Crippen LogP) is 6.16. The molecule has 1 fully saturated rings. The number of nitrogen functional groups attached to an aromatic ring is 1. The van der Waals surface area contributed by atoms with Crippen LogP contribution >= 0.6 is 0 Å². The van der Waals surface area contributed by atoms with Gasteiger partial charge in [-0.25, -0.2) is 4.99 Å². The normalized spacial score (nSPS) is 11.8. The second-order valence-corrected chi connectivity index (χ2v) is 8.55. The Hall–Kier alpha value is -2.63. The number of nitrogens with zero attached hydrogens (tertiary/aromatic N) is 1. The lowest BCUT2D eigenvalue weighted by atomic mass is 10.0. The van der Waals surface area contributed by atoms with E-state index in [1.165, 1.54) is 74.5 Å². The summed E-state index contributed by atoms with van der Waals surface area (Å²) in [5.74, 6) is 0.962. The number of hydrogen-bond donors (Lipinski definition) is 3. The van der Waals surface area contributed by atoms with Gasteiger partial charge in [0.1, 0.15) is 0 Å². The third kappa shape index (κ3) is 14.9. The predicted molar refractivity (Wildman–Crippen MR) is 143 cm³/mol. The Kier molecular flexibility index (Phi) is 17.4. The summed E-state index contributed by atoms with van der Waals surface area (Å²) in [7, 11) is 3.61. The molecular weight excluding hydrogens is 412 g/mol. The van der Waals surface area contributed by atoms with Gasteiger partial charge in [-0.1, -0.05) is 44.8 Å². The minimum absolute atomic E-state index is 0.163. The van der Waals surface area contributed by atoms with Crippen LogP contribution < -0.4 is 16.4 Å². The first kappa shape index (κ1) is 30.4. The zero-order valence-electron chi connectivity index (χ0n) is 21.3. The van der Waals surface area contributed by atoms with E-state index in [-0.39, 0.29) is 5.91 Å². The van der Waals surface area contributed by atoms with E-state index in [1.54, 1.807) is 7.05 Å². The first-order chi connectivity index (χ1) is 15.8. The molecule has 0 radical (unpaired) electrons. The number of nitrogens with one attached hydrogen (secondary N) is 2. The molecule has 0 heterocycles. The van der Waals surface area contributed by atoms with Crippen LogP contribution in [0.15, 0.2) is 29.3 Å². The Labute approximate surface area is 201 Å². The first-order valence-electron chi connectivity index (χ1n) is 12.2. The Morgan fingerprint density at radius 3 is 2.18 bits per heavy atom. The number of nitrogens with two attached hydrogens (primary N) is 1. The van der Waals surface area contributed by atoms with Gasteiger partial charge in [-0.2, -0.15) is 0 Å². The molecule has 1 aromatic carbocycles. The molecule has 1 aromatic rings. The van der Waals surface area contributed by atoms with Crippen LogP contribution in [0.2, 0.25) is 0 Å². The molecule has 6 nitrogen and oxygen atoms in total. The molecule has 0 saturated heterocycles. The zero-order valence-corrected chi connectivity index (χ0v) is 21.3. The summed E-state index contributed by atoms with van der Waals surface area (Å²) in [5, 5.41) is 5.77. The molecule has 1 aliphatic rings. The Morgan fingerprint density at radius 2 is 1.70 bits per heavy atom. The number of amides is 2. The van der Waals surface area contributed by atoms with Crippen LogP contribution in [0.4, 0.5) is 11.4 Å². The second-order valence-electron chi connectivity index (χ2n) is 8.55. The molecule has 0 unspecified atom stereocenters. The van der Waals surface area contributed by atoms with Gasteiger partial charge < -0.3 is 16.4 Å². The van der Waals surface area contributed by atoms with Crippen molar-refractivity contribution in [3.63, 3.8) is 0 Å². The van der Waals surface area contributed by atoms with Crippen LogP contribution in [0.5, 0.6) is 0 Å². The molecule has 4 N–H and O–H groups in total. The van der Waals surface area contributed by atoms with Crippen LogP contribution in [0, 0.1) is 6.92 Å². The summed E-state index contributed by atoms with van der Waals surface area (Å²) >= 11 is 0. The maximum absolute atomic E-state index is 10.9. The summed E-state index contributed by atoms with van der Waals surface area (Å²) in [6, 6.07) is 4.27. The number of unbranched alkanes of at least 4 members (excludes halogenated alkanes) is 4. The van der Waals surface area contributed by atoms with E-state index >= 15 is 0 Å². The SMILES string of the molecule is C=C(CCC)CCCCCCCC(=O)NC.C=NC=O.CNc1cc(C2CC2)c(C)cc1N. The molecule has 186 valence electrons. The molecule has 33 heavy (non-hydrogen) atoms. The second kappa shape index (κ2) is 18.9. The van der Waals surface area contributed by atoms with Crippen molar-refractivity contribution in [2.75, 3.05) is 25.1 Å². The lowest BCUT2D eigenvalue weighted by molar-refractivity contribution is -0.120. The van der Waals surface area contributed by atoms with Crippen LogP contribution in [-0.2, 0) is 9.59 Å². The van der Waals surface area contributed by atoms with E-state index in [0.29, 0.717) is 12.8 Å². The molecule has 2 rings (SSSR count). The molecule has 2 amide bonds. The van der Waals surface area contributed by atoms with Crippen LogP contribution in [-0.4, -0.2) is 33.1 Å². The van der Waals surface area contributed by atoms with Gasteiger partial charge in [0.25, 0.3) is 0 Å². The number of aliphatic imine (C=N–C) groups is 1. The Balaban J connectivity index is 0.000000539. The van der Waals surface area contributed by atoms with E-state index in [2.05, 4.69) is 54.9 Å². The van der Waals surface area contributed by atoms with Gasteiger partial charge in [0.05, 0.1) is 11.4 Å². The summed E-state index contributed by atoms with van der Waals surface area (Å²) in [6.07, 6.45) is 13.3. The first-order valence-corrected chi connectivity index (χ1v) is 12.2. The average Bonchev–Trinajstić information content (AvgIpc) is 3.64. The molecular formula is C27H46N4O2. The highest BCUT2D eigenvalue weighted by Gasteiger charge is 2.25. The highest BCUT2D eigenvalue weighted by molar-refractivity contribution is 5.75. The Morgan fingerprint density at radius 1 is 1.12 bits per heavy atom. The van der Waals surface area contributed by atoms with Crippen molar-refractivity contribution in [3.05, 3.63) is 35.4 Å². The number of anilines is 2. The summed E-state index contributed by atoms with van der Waals surface area (Å²) in [4.78, 5) is 22.7. The number of rotatable bonds is 13. The van der Waals surface area contributed by atoms with Crippen molar-refractivity contribution >= 4 is 30.4 Å². The summed E-state index contributed by atoms with van der Waals surface area (Å²) in [5.41, 5.74) is 12.0. The van der Waals surface area contributed by atoms with Gasteiger partial charge in [-0.15, -0.1) is 0 Å². The van der Waals surface area contributed by atoms with Gasteiger partial charge in [0.15, 0.2) is 0 Å². The van der Waals surface area contributed by atoms with Crippen LogP contribution in [0.1, 0.15) is 94.6 Å². The number of hydrogen-bond acceptors (Lipinski definition) is 4. The molecule has 1 aliphatic carbocycles. The van der Waals surface area contributed by atoms with Gasteiger partial charge in [0.2, 0.25) is 12.3 Å². The number of benzene rings is 1. The van der Waals surface area contributed by atoms with Crippen molar-refractivity contribution in [1.82, 2.24) is 5.32 Å². The fourth-order valence-electron chi connectivity index (χ4n) is 3.59. The van der Waals surface area contributed by atoms with E-state index in [4.69, 9.17) is 10.5 Å². The quantitative estimate of drug-likeness (QED) is 0.108. The van der Waals surface area contributed by atoms with Gasteiger partial charge in [-0.3, -0.25) is 9.59 Å². The van der Waals surface area contributed by atoms with E-state index in [0.717, 1.165) is 23.7 Å². The molecule has 0 aromatic heterocycles. The number of allylic oxidation sites excluding steroid dienone is 1. The lowest BCUT2D eigenvalue weighted by Gasteiger charge is -2.10. The lowest BCUT2D eigenvalue weighted by Crippen LogP contribution is -2.16. The van der Waals surface area contributed by atoms with Crippen molar-refractivity contribution in [1.29, 1.82) is 0 Å². The maximum Gasteiger partial charge on any atom is 0.232 e. The summed E-state index contributed by atoms with van der Waals surface area (Å²) in [6.45, 7) is 11.3.